The van der Waals surface area contributed by atoms with Crippen LogP contribution in [0.1, 0.15) is 70.0 Å². The Labute approximate surface area is 222 Å². The van der Waals surface area contributed by atoms with Gasteiger partial charge >= 0.3 is 5.97 Å². The zero-order valence-electron chi connectivity index (χ0n) is 22.0. The average molecular weight is 509 g/mol. The summed E-state index contributed by atoms with van der Waals surface area (Å²) in [6, 6.07) is 21.6. The number of ether oxygens (including phenoxy) is 1. The molecule has 1 saturated carbocycles. The smallest absolute Gasteiger partial charge is 0.371 e. The summed E-state index contributed by atoms with van der Waals surface area (Å²) in [6.07, 6.45) is 2.51. The summed E-state index contributed by atoms with van der Waals surface area (Å²) in [5.41, 5.74) is 7.50. The summed E-state index contributed by atoms with van der Waals surface area (Å²) < 4.78 is 7.48. The SMILES string of the molecule is C=C(Oc1ccc(Cn2c(C)c(C)c3cc(C(=O)N[C@@H](C)c4cccc(C5CC5)c4)ccc32)cc1)C(=O)O. The maximum Gasteiger partial charge on any atom is 0.371 e. The third kappa shape index (κ3) is 5.21. The van der Waals surface area contributed by atoms with E-state index in [1.54, 1.807) is 12.1 Å². The number of carbonyl (C=O) groups excluding carboxylic acids is 1. The lowest BCUT2D eigenvalue weighted by Gasteiger charge is -2.16. The summed E-state index contributed by atoms with van der Waals surface area (Å²) in [6.45, 7) is 10.2. The number of aliphatic carboxylic acids is 1. The lowest BCUT2D eigenvalue weighted by atomic mass is 10.0. The van der Waals surface area contributed by atoms with Crippen molar-refractivity contribution in [3.63, 3.8) is 0 Å². The lowest BCUT2D eigenvalue weighted by molar-refractivity contribution is -0.135. The molecule has 1 aliphatic rings. The number of amides is 1. The Bertz CT molecular complexity index is 1540. The Kier molecular flexibility index (Phi) is 6.81. The molecular formula is C32H32N2O4. The number of nitrogens with zero attached hydrogens (tertiary/aromatic N) is 1. The summed E-state index contributed by atoms with van der Waals surface area (Å²) in [4.78, 5) is 24.1. The van der Waals surface area contributed by atoms with Crippen molar-refractivity contribution in [3.8, 4) is 5.75 Å². The van der Waals surface area contributed by atoms with Crippen LogP contribution < -0.4 is 10.1 Å². The number of carboxylic acid groups (broad SMARTS) is 1. The second-order valence-corrected chi connectivity index (χ2v) is 10.1. The minimum atomic E-state index is -1.19. The van der Waals surface area contributed by atoms with Crippen molar-refractivity contribution in [1.29, 1.82) is 0 Å². The number of hydrogen-bond acceptors (Lipinski definition) is 3. The fourth-order valence-corrected chi connectivity index (χ4v) is 4.89. The largest absolute Gasteiger partial charge is 0.475 e. The molecule has 194 valence electrons. The van der Waals surface area contributed by atoms with E-state index in [9.17, 15) is 9.59 Å². The van der Waals surface area contributed by atoms with Gasteiger partial charge in [-0.05, 0) is 98.7 Å². The number of rotatable bonds is 9. The predicted octanol–water partition coefficient (Wildman–Crippen LogP) is 6.65. The Hall–Kier alpha value is -4.32. The first kappa shape index (κ1) is 25.3. The first-order valence-corrected chi connectivity index (χ1v) is 12.9. The van der Waals surface area contributed by atoms with Gasteiger partial charge in [-0.3, -0.25) is 4.79 Å². The van der Waals surface area contributed by atoms with Crippen LogP contribution in [0.2, 0.25) is 0 Å². The van der Waals surface area contributed by atoms with Crippen LogP contribution in [0.15, 0.2) is 79.1 Å². The monoisotopic (exact) mass is 508 g/mol. The van der Waals surface area contributed by atoms with Crippen LogP contribution in [0.25, 0.3) is 10.9 Å². The first-order chi connectivity index (χ1) is 18.2. The highest BCUT2D eigenvalue weighted by molar-refractivity contribution is 5.99. The number of benzene rings is 3. The van der Waals surface area contributed by atoms with E-state index in [4.69, 9.17) is 9.84 Å². The predicted molar refractivity (Wildman–Crippen MR) is 149 cm³/mol. The van der Waals surface area contributed by atoms with E-state index in [-0.39, 0.29) is 17.7 Å². The molecule has 0 spiro atoms. The van der Waals surface area contributed by atoms with Crippen molar-refractivity contribution in [2.24, 2.45) is 0 Å². The van der Waals surface area contributed by atoms with Crippen LogP contribution in [0.4, 0.5) is 0 Å². The van der Waals surface area contributed by atoms with E-state index in [0.29, 0.717) is 23.8 Å². The Morgan fingerprint density at radius 2 is 1.82 bits per heavy atom. The molecule has 38 heavy (non-hydrogen) atoms. The summed E-state index contributed by atoms with van der Waals surface area (Å²) in [7, 11) is 0. The van der Waals surface area contributed by atoms with E-state index in [1.165, 1.54) is 18.4 Å². The second kappa shape index (κ2) is 10.2. The van der Waals surface area contributed by atoms with Gasteiger partial charge in [0.2, 0.25) is 5.76 Å². The van der Waals surface area contributed by atoms with Gasteiger partial charge in [-0.15, -0.1) is 0 Å². The van der Waals surface area contributed by atoms with E-state index < -0.39 is 5.97 Å². The molecular weight excluding hydrogens is 476 g/mol. The molecule has 1 aromatic heterocycles. The standard InChI is InChI=1S/C32H32N2O4/c1-19-21(3)34(18-23-8-13-28(14-9-23)38-22(4)32(36)37)30-15-12-27(17-29(19)30)31(35)33-20(2)25-6-5-7-26(16-25)24-10-11-24/h5-9,12-17,20,24H,4,10-11,18H2,1-3H3,(H,33,35)(H,36,37)/t20-/m0/s1. The number of nitrogens with one attached hydrogen (secondary N) is 1. The Morgan fingerprint density at radius 1 is 1.08 bits per heavy atom. The quantitative estimate of drug-likeness (QED) is 0.196. The summed E-state index contributed by atoms with van der Waals surface area (Å²) >= 11 is 0. The molecule has 2 N–H and O–H groups in total. The second-order valence-electron chi connectivity index (χ2n) is 10.1. The molecule has 5 rings (SSSR count). The van der Waals surface area contributed by atoms with Gasteiger partial charge in [-0.2, -0.15) is 0 Å². The maximum atomic E-state index is 13.2. The van der Waals surface area contributed by atoms with Gasteiger partial charge in [-0.25, -0.2) is 4.79 Å². The van der Waals surface area contributed by atoms with Gasteiger partial charge in [-0.1, -0.05) is 36.4 Å². The highest BCUT2D eigenvalue weighted by atomic mass is 16.5. The molecule has 6 nitrogen and oxygen atoms in total. The van der Waals surface area contributed by atoms with Gasteiger partial charge in [0.25, 0.3) is 5.91 Å². The maximum absolute atomic E-state index is 13.2. The van der Waals surface area contributed by atoms with Gasteiger partial charge in [0.05, 0.1) is 6.04 Å². The molecule has 0 saturated heterocycles. The average Bonchev–Trinajstić information content (AvgIpc) is 3.74. The van der Waals surface area contributed by atoms with Crippen LogP contribution in [0, 0.1) is 13.8 Å². The summed E-state index contributed by atoms with van der Waals surface area (Å²) in [5, 5.41) is 13.2. The van der Waals surface area contributed by atoms with E-state index in [2.05, 4.69) is 54.6 Å². The van der Waals surface area contributed by atoms with Crippen molar-refractivity contribution in [2.45, 2.75) is 52.1 Å². The first-order valence-electron chi connectivity index (χ1n) is 12.9. The highest BCUT2D eigenvalue weighted by Gasteiger charge is 2.24. The zero-order chi connectivity index (χ0) is 27.0. The molecule has 0 radical (unpaired) electrons. The molecule has 1 amide bonds. The van der Waals surface area contributed by atoms with Crippen molar-refractivity contribution in [3.05, 3.63) is 113 Å². The molecule has 0 bridgehead atoms. The van der Waals surface area contributed by atoms with E-state index in [0.717, 1.165) is 33.3 Å². The zero-order valence-corrected chi connectivity index (χ0v) is 22.0. The van der Waals surface area contributed by atoms with Crippen molar-refractivity contribution < 1.29 is 19.4 Å². The Balaban J connectivity index is 1.33. The van der Waals surface area contributed by atoms with Crippen LogP contribution in [0.3, 0.4) is 0 Å². The van der Waals surface area contributed by atoms with Crippen LogP contribution in [-0.4, -0.2) is 21.6 Å². The number of carbonyl (C=O) groups is 2. The van der Waals surface area contributed by atoms with E-state index >= 15 is 0 Å². The summed E-state index contributed by atoms with van der Waals surface area (Å²) in [5.74, 6) is -0.486. The van der Waals surface area contributed by atoms with Gasteiger partial charge in [0.1, 0.15) is 5.75 Å². The van der Waals surface area contributed by atoms with Gasteiger partial charge < -0.3 is 19.7 Å². The minimum absolute atomic E-state index is 0.0797. The number of fused-ring (bicyclic) bond motifs is 1. The van der Waals surface area contributed by atoms with Gasteiger partial charge in [0.15, 0.2) is 0 Å². The molecule has 0 aliphatic heterocycles. The number of aryl methyl sites for hydroxylation is 1. The topological polar surface area (TPSA) is 80.6 Å². The number of hydrogen-bond donors (Lipinski definition) is 2. The molecule has 1 heterocycles. The van der Waals surface area contributed by atoms with Crippen molar-refractivity contribution in [1.82, 2.24) is 9.88 Å². The lowest BCUT2D eigenvalue weighted by Crippen LogP contribution is -2.26. The van der Waals surface area contributed by atoms with E-state index in [1.807, 2.05) is 37.3 Å². The van der Waals surface area contributed by atoms with Crippen LogP contribution in [-0.2, 0) is 11.3 Å². The molecule has 1 fully saturated rings. The third-order valence-electron chi connectivity index (χ3n) is 7.45. The minimum Gasteiger partial charge on any atom is -0.475 e. The fourth-order valence-electron chi connectivity index (χ4n) is 4.89. The van der Waals surface area contributed by atoms with Crippen molar-refractivity contribution in [2.75, 3.05) is 0 Å². The molecule has 3 aromatic carbocycles. The van der Waals surface area contributed by atoms with Crippen LogP contribution in [0.5, 0.6) is 5.75 Å². The molecule has 1 atom stereocenters. The normalized spacial score (nSPS) is 13.8. The molecule has 0 unspecified atom stereocenters. The molecule has 1 aliphatic carbocycles. The Morgan fingerprint density at radius 3 is 2.50 bits per heavy atom. The number of carboxylic acids is 1. The fraction of sp³-hybridized carbons (Fsp3) is 0.250. The van der Waals surface area contributed by atoms with Crippen LogP contribution >= 0.6 is 0 Å². The molecule has 4 aromatic rings. The van der Waals surface area contributed by atoms with Crippen molar-refractivity contribution >= 4 is 22.8 Å². The van der Waals surface area contributed by atoms with Gasteiger partial charge in [0, 0.05) is 28.7 Å². The third-order valence-corrected chi connectivity index (χ3v) is 7.45. The number of aromatic nitrogens is 1. The highest BCUT2D eigenvalue weighted by Crippen LogP contribution is 2.40. The molecule has 6 heteroatoms.